The smallest absolute Gasteiger partial charge is 0.306 e. The number of rotatable bonds is 12. The van der Waals surface area contributed by atoms with E-state index in [0.29, 0.717) is 18.3 Å². The van der Waals surface area contributed by atoms with E-state index in [9.17, 15) is 14.7 Å². The number of ketones is 1. The molecule has 0 spiro atoms. The molecule has 2 bridgehead atoms. The van der Waals surface area contributed by atoms with Gasteiger partial charge in [-0.1, -0.05) is 24.3 Å². The van der Waals surface area contributed by atoms with Crippen LogP contribution >= 0.6 is 0 Å². The van der Waals surface area contributed by atoms with Gasteiger partial charge in [-0.15, -0.1) is 0 Å². The Morgan fingerprint density at radius 3 is 2.72 bits per heavy atom. The van der Waals surface area contributed by atoms with Crippen molar-refractivity contribution in [3.63, 3.8) is 0 Å². The van der Waals surface area contributed by atoms with Gasteiger partial charge in [0.1, 0.15) is 0 Å². The van der Waals surface area contributed by atoms with E-state index < -0.39 is 0 Å². The van der Waals surface area contributed by atoms with Crippen LogP contribution in [0.5, 0.6) is 0 Å². The molecule has 1 N–H and O–H groups in total. The number of esters is 1. The molecule has 0 radical (unpaired) electrons. The van der Waals surface area contributed by atoms with Crippen molar-refractivity contribution in [3.05, 3.63) is 36.0 Å². The Hall–Kier alpha value is -1.68. The Kier molecular flexibility index (Phi) is 7.50. The van der Waals surface area contributed by atoms with Gasteiger partial charge in [0.15, 0.2) is 5.78 Å². The highest BCUT2D eigenvalue weighted by atomic mass is 16.5. The summed E-state index contributed by atoms with van der Waals surface area (Å²) in [5, 5.41) is 10.3. The van der Waals surface area contributed by atoms with Gasteiger partial charge in [0.05, 0.1) is 12.2 Å². The van der Waals surface area contributed by atoms with Crippen LogP contribution in [0.15, 0.2) is 36.0 Å². The van der Waals surface area contributed by atoms with Crippen LogP contribution in [0.4, 0.5) is 0 Å². The van der Waals surface area contributed by atoms with Gasteiger partial charge in [-0.25, -0.2) is 0 Å². The first kappa shape index (κ1) is 22.0. The Morgan fingerprint density at radius 1 is 1.31 bits per heavy atom. The zero-order valence-electron chi connectivity index (χ0n) is 17.9. The molecule has 3 saturated carbocycles. The molecule has 0 aromatic carbocycles. The maximum atomic E-state index is 12.2. The van der Waals surface area contributed by atoms with Crippen molar-refractivity contribution in [2.24, 2.45) is 17.3 Å². The van der Waals surface area contributed by atoms with Crippen molar-refractivity contribution in [3.8, 4) is 0 Å². The van der Waals surface area contributed by atoms with Crippen molar-refractivity contribution in [2.75, 3.05) is 0 Å². The molecule has 4 heteroatoms. The van der Waals surface area contributed by atoms with Gasteiger partial charge in [-0.05, 0) is 89.0 Å². The lowest BCUT2D eigenvalue weighted by Crippen LogP contribution is -2.51. The maximum Gasteiger partial charge on any atom is 0.306 e. The molecule has 160 valence electrons. The van der Waals surface area contributed by atoms with Gasteiger partial charge in [-0.3, -0.25) is 9.59 Å². The highest BCUT2D eigenvalue weighted by Gasteiger charge is 2.55. The number of carbonyl (C=O) groups is 2. The molecule has 0 aromatic rings. The van der Waals surface area contributed by atoms with Crippen LogP contribution in [0.3, 0.4) is 0 Å². The minimum absolute atomic E-state index is 0.0584. The van der Waals surface area contributed by atoms with E-state index in [1.165, 1.54) is 19.3 Å². The first-order valence-electron chi connectivity index (χ1n) is 11.3. The summed E-state index contributed by atoms with van der Waals surface area (Å²) in [6.45, 7) is 3.71. The fraction of sp³-hybridized carbons (Fsp3) is 0.680. The average Bonchev–Trinajstić information content (AvgIpc) is 2.93. The second kappa shape index (κ2) is 9.88. The zero-order valence-corrected chi connectivity index (χ0v) is 17.9. The van der Waals surface area contributed by atoms with Gasteiger partial charge >= 0.3 is 5.97 Å². The predicted octanol–water partition coefficient (Wildman–Crippen LogP) is 5.07. The van der Waals surface area contributed by atoms with Crippen LogP contribution < -0.4 is 0 Å². The van der Waals surface area contributed by atoms with Crippen molar-refractivity contribution in [1.82, 2.24) is 0 Å². The second-order valence-corrected chi connectivity index (χ2v) is 9.53. The monoisotopic (exact) mass is 400 g/mol. The van der Waals surface area contributed by atoms with E-state index in [2.05, 4.69) is 12.2 Å². The largest absolute Gasteiger partial charge is 0.463 e. The van der Waals surface area contributed by atoms with Gasteiger partial charge < -0.3 is 9.84 Å². The molecule has 3 fully saturated rings. The summed E-state index contributed by atoms with van der Waals surface area (Å²) in [4.78, 5) is 23.7. The number of ether oxygens (including phenoxy) is 1. The molecular formula is C25H36O4. The van der Waals surface area contributed by atoms with Crippen molar-refractivity contribution in [1.29, 1.82) is 0 Å². The van der Waals surface area contributed by atoms with E-state index in [1.807, 2.05) is 26.0 Å². The van der Waals surface area contributed by atoms with Gasteiger partial charge in [-0.2, -0.15) is 0 Å². The third-order valence-corrected chi connectivity index (χ3v) is 6.62. The average molecular weight is 401 g/mol. The number of hydrogen-bond donors (Lipinski definition) is 1. The van der Waals surface area contributed by atoms with Crippen LogP contribution in [-0.2, 0) is 14.3 Å². The molecule has 4 rings (SSSR count). The molecule has 0 amide bonds. The topological polar surface area (TPSA) is 63.6 Å². The summed E-state index contributed by atoms with van der Waals surface area (Å²) in [7, 11) is 0. The van der Waals surface area contributed by atoms with E-state index in [1.54, 1.807) is 6.08 Å². The molecule has 2 atom stereocenters. The first-order valence-corrected chi connectivity index (χ1v) is 11.3. The normalized spacial score (nSPS) is 30.1. The lowest BCUT2D eigenvalue weighted by molar-refractivity contribution is -0.147. The number of hydrogen-bond acceptors (Lipinski definition) is 4. The molecule has 2 unspecified atom stereocenters. The quantitative estimate of drug-likeness (QED) is 0.215. The summed E-state index contributed by atoms with van der Waals surface area (Å²) >= 11 is 0. The summed E-state index contributed by atoms with van der Waals surface area (Å²) in [6.07, 6.45) is 18.8. The van der Waals surface area contributed by atoms with Crippen LogP contribution in [0.2, 0.25) is 0 Å². The molecule has 4 aliphatic carbocycles. The Morgan fingerprint density at radius 2 is 2.07 bits per heavy atom. The maximum absolute atomic E-state index is 12.2. The van der Waals surface area contributed by atoms with E-state index >= 15 is 0 Å². The number of carbonyl (C=O) groups excluding carboxylic acids is 2. The van der Waals surface area contributed by atoms with Gasteiger partial charge in [0, 0.05) is 17.9 Å². The van der Waals surface area contributed by atoms with Crippen molar-refractivity contribution < 1.29 is 19.4 Å². The minimum Gasteiger partial charge on any atom is -0.463 e. The second-order valence-electron chi connectivity index (χ2n) is 9.53. The molecule has 0 aliphatic heterocycles. The van der Waals surface area contributed by atoms with Crippen molar-refractivity contribution >= 4 is 11.8 Å². The number of unbranched alkanes of at least 4 members (excludes halogenated alkanes) is 1. The fourth-order valence-electron chi connectivity index (χ4n) is 4.91. The van der Waals surface area contributed by atoms with E-state index in [-0.39, 0.29) is 29.9 Å². The van der Waals surface area contributed by atoms with Gasteiger partial charge in [0.2, 0.25) is 0 Å². The predicted molar refractivity (Wildman–Crippen MR) is 114 cm³/mol. The Bertz CT molecular complexity index is 668. The summed E-state index contributed by atoms with van der Waals surface area (Å²) in [5.74, 6) is 1.02. The van der Waals surface area contributed by atoms with Crippen molar-refractivity contribution in [2.45, 2.75) is 90.3 Å². The zero-order chi connectivity index (χ0) is 20.9. The van der Waals surface area contributed by atoms with E-state index in [4.69, 9.17) is 4.74 Å². The summed E-state index contributed by atoms with van der Waals surface area (Å²) < 4.78 is 5.12. The minimum atomic E-state index is -0.341. The highest BCUT2D eigenvalue weighted by molar-refractivity contribution is 6.07. The lowest BCUT2D eigenvalue weighted by Gasteiger charge is -2.62. The molecule has 29 heavy (non-hydrogen) atoms. The molecule has 0 heterocycles. The Balaban J connectivity index is 1.34. The number of aliphatic hydroxyl groups excluding tert-OH is 1. The van der Waals surface area contributed by atoms with Crippen LogP contribution in [0, 0.1) is 17.3 Å². The molecule has 0 saturated heterocycles. The number of aliphatic hydroxyl groups is 1. The third-order valence-electron chi connectivity index (χ3n) is 6.62. The molecule has 4 aliphatic rings. The molecular weight excluding hydrogens is 364 g/mol. The van der Waals surface area contributed by atoms with Gasteiger partial charge in [0.25, 0.3) is 0 Å². The highest BCUT2D eigenvalue weighted by Crippen LogP contribution is 2.66. The summed E-state index contributed by atoms with van der Waals surface area (Å²) in [5.41, 5.74) is 1.39. The first-order chi connectivity index (χ1) is 13.9. The van der Waals surface area contributed by atoms with Crippen LogP contribution in [-0.4, -0.2) is 29.1 Å². The van der Waals surface area contributed by atoms with E-state index in [0.717, 1.165) is 43.6 Å². The Labute approximate surface area is 175 Å². The lowest BCUT2D eigenvalue weighted by atomic mass is 9.43. The molecule has 0 aromatic heterocycles. The number of allylic oxidation sites excluding steroid dienone is 5. The third kappa shape index (κ3) is 6.15. The van der Waals surface area contributed by atoms with Crippen LogP contribution in [0.1, 0.15) is 78.1 Å². The van der Waals surface area contributed by atoms with Crippen LogP contribution in [0.25, 0.3) is 0 Å². The standard InChI is InChI=1S/C25H36O4/c1-18(2)29-24(28)8-6-4-3-5-7-20-9-12-23(27)22(20)11-10-21(26)13-14-25-15-19(16-25)17-25/h3,5,9,11-12,18-21,26H,4,6-8,10,13-17H2,1-2H3/b5-3-,22-11+. The SMILES string of the molecule is CC(C)OC(=O)CCC/C=C\CC1C=CC(=O)/C1=C/CC(O)CCC12CC(C1)C2. The summed E-state index contributed by atoms with van der Waals surface area (Å²) in [6, 6.07) is 0. The fourth-order valence-corrected chi connectivity index (χ4v) is 4.91. The molecule has 4 nitrogen and oxygen atoms in total.